The van der Waals surface area contributed by atoms with E-state index in [1.807, 2.05) is 49.4 Å². The van der Waals surface area contributed by atoms with Crippen molar-refractivity contribution in [1.29, 1.82) is 0 Å². The van der Waals surface area contributed by atoms with Gasteiger partial charge in [-0.15, -0.1) is 0 Å². The first kappa shape index (κ1) is 13.5. The summed E-state index contributed by atoms with van der Waals surface area (Å²) in [6, 6.07) is 16.8. The summed E-state index contributed by atoms with van der Waals surface area (Å²) in [5.74, 6) is -0.0716. The zero-order valence-corrected chi connectivity index (χ0v) is 12.2. The summed E-state index contributed by atoms with van der Waals surface area (Å²) in [6.07, 6.45) is 0. The van der Waals surface area contributed by atoms with Crippen LogP contribution in [0.5, 0.6) is 5.88 Å². The molecule has 2 aromatic carbocycles. The standard InChI is InChI=1S/C16H14N2O2S/c1-11-6-5-7-12(10-11)17-14-15(19)18(16(20)21-14)13-8-3-2-4-9-13/h2-10,17,19H,1H3. The number of para-hydroxylation sites is 1. The van der Waals surface area contributed by atoms with Gasteiger partial charge in [-0.3, -0.25) is 4.79 Å². The second kappa shape index (κ2) is 5.46. The average molecular weight is 298 g/mol. The largest absolute Gasteiger partial charge is 0.492 e. The van der Waals surface area contributed by atoms with Crippen LogP contribution in [0.1, 0.15) is 5.56 Å². The molecule has 0 aliphatic rings. The summed E-state index contributed by atoms with van der Waals surface area (Å²) in [5.41, 5.74) is 2.59. The van der Waals surface area contributed by atoms with Crippen molar-refractivity contribution in [3.05, 3.63) is 69.8 Å². The van der Waals surface area contributed by atoms with E-state index < -0.39 is 0 Å². The van der Waals surface area contributed by atoms with E-state index in [1.165, 1.54) is 4.57 Å². The molecule has 0 bridgehead atoms. The van der Waals surface area contributed by atoms with Gasteiger partial charge < -0.3 is 10.4 Å². The molecule has 21 heavy (non-hydrogen) atoms. The van der Waals surface area contributed by atoms with Crippen LogP contribution < -0.4 is 10.2 Å². The van der Waals surface area contributed by atoms with E-state index in [0.29, 0.717) is 10.7 Å². The van der Waals surface area contributed by atoms with Crippen molar-refractivity contribution in [3.8, 4) is 11.6 Å². The van der Waals surface area contributed by atoms with Gasteiger partial charge in [0.25, 0.3) is 0 Å². The van der Waals surface area contributed by atoms with E-state index in [4.69, 9.17) is 0 Å². The predicted molar refractivity (Wildman–Crippen MR) is 86.0 cm³/mol. The van der Waals surface area contributed by atoms with E-state index in [0.717, 1.165) is 22.6 Å². The molecule has 5 heteroatoms. The molecule has 3 rings (SSSR count). The average Bonchev–Trinajstić information content (AvgIpc) is 2.74. The number of benzene rings is 2. The Kier molecular flexibility index (Phi) is 3.50. The minimum Gasteiger partial charge on any atom is -0.492 e. The third-order valence-electron chi connectivity index (χ3n) is 3.08. The lowest BCUT2D eigenvalue weighted by Gasteiger charge is -2.06. The molecule has 0 aliphatic carbocycles. The lowest BCUT2D eigenvalue weighted by Crippen LogP contribution is -2.09. The van der Waals surface area contributed by atoms with Crippen LogP contribution in [0.3, 0.4) is 0 Å². The van der Waals surface area contributed by atoms with E-state index >= 15 is 0 Å². The minimum absolute atomic E-state index is 0.0716. The van der Waals surface area contributed by atoms with Gasteiger partial charge in [-0.25, -0.2) is 4.57 Å². The SMILES string of the molecule is Cc1cccc(Nc2sc(=O)n(-c3ccccc3)c2O)c1. The Hall–Kier alpha value is -2.53. The topological polar surface area (TPSA) is 54.3 Å². The van der Waals surface area contributed by atoms with E-state index in [-0.39, 0.29) is 10.8 Å². The zero-order valence-electron chi connectivity index (χ0n) is 11.4. The van der Waals surface area contributed by atoms with Gasteiger partial charge >= 0.3 is 4.87 Å². The van der Waals surface area contributed by atoms with Crippen LogP contribution in [0.4, 0.5) is 10.7 Å². The van der Waals surface area contributed by atoms with Gasteiger partial charge in [-0.2, -0.15) is 0 Å². The van der Waals surface area contributed by atoms with Crippen molar-refractivity contribution in [2.45, 2.75) is 6.92 Å². The van der Waals surface area contributed by atoms with E-state index in [9.17, 15) is 9.90 Å². The lowest BCUT2D eigenvalue weighted by atomic mass is 10.2. The first-order valence-corrected chi connectivity index (χ1v) is 7.31. The summed E-state index contributed by atoms with van der Waals surface area (Å²) in [6.45, 7) is 1.99. The number of thiazole rings is 1. The second-order valence-corrected chi connectivity index (χ2v) is 5.65. The number of anilines is 2. The van der Waals surface area contributed by atoms with Gasteiger partial charge in [-0.1, -0.05) is 41.7 Å². The molecule has 0 atom stereocenters. The van der Waals surface area contributed by atoms with Gasteiger partial charge in [0.2, 0.25) is 5.88 Å². The second-order valence-electron chi connectivity index (χ2n) is 4.69. The molecule has 3 aromatic rings. The maximum atomic E-state index is 12.1. The van der Waals surface area contributed by atoms with Gasteiger partial charge in [0.1, 0.15) is 0 Å². The van der Waals surface area contributed by atoms with E-state index in [2.05, 4.69) is 5.32 Å². The van der Waals surface area contributed by atoms with Gasteiger partial charge in [0, 0.05) is 5.69 Å². The van der Waals surface area contributed by atoms with Crippen molar-refractivity contribution in [3.63, 3.8) is 0 Å². The van der Waals surface area contributed by atoms with E-state index in [1.54, 1.807) is 12.1 Å². The third kappa shape index (κ3) is 2.68. The van der Waals surface area contributed by atoms with Gasteiger partial charge in [0.05, 0.1) is 5.69 Å². The first-order chi connectivity index (χ1) is 10.1. The quantitative estimate of drug-likeness (QED) is 0.776. The summed E-state index contributed by atoms with van der Waals surface area (Å²) in [7, 11) is 0. The number of aryl methyl sites for hydroxylation is 1. The third-order valence-corrected chi connectivity index (χ3v) is 3.92. The van der Waals surface area contributed by atoms with Gasteiger partial charge in [0.15, 0.2) is 5.00 Å². The molecule has 1 heterocycles. The molecule has 0 saturated heterocycles. The smallest absolute Gasteiger partial charge is 0.316 e. The molecular weight excluding hydrogens is 284 g/mol. The predicted octanol–water partition coefficient (Wildman–Crippen LogP) is 3.66. The summed E-state index contributed by atoms with van der Waals surface area (Å²) >= 11 is 0.983. The number of aromatic hydroxyl groups is 1. The number of nitrogens with one attached hydrogen (secondary N) is 1. The maximum Gasteiger partial charge on any atom is 0.316 e. The number of hydrogen-bond acceptors (Lipinski definition) is 4. The number of aromatic nitrogens is 1. The number of hydrogen-bond donors (Lipinski definition) is 2. The Morgan fingerprint density at radius 2 is 1.86 bits per heavy atom. The molecule has 0 saturated carbocycles. The maximum absolute atomic E-state index is 12.1. The molecule has 0 spiro atoms. The highest BCUT2D eigenvalue weighted by molar-refractivity contribution is 7.14. The summed E-state index contributed by atoms with van der Waals surface area (Å²) < 4.78 is 1.29. The van der Waals surface area contributed by atoms with Crippen LogP contribution in [-0.2, 0) is 0 Å². The normalized spacial score (nSPS) is 10.5. The zero-order chi connectivity index (χ0) is 14.8. The Morgan fingerprint density at radius 1 is 1.10 bits per heavy atom. The highest BCUT2D eigenvalue weighted by Gasteiger charge is 2.15. The van der Waals surface area contributed by atoms with Crippen molar-refractivity contribution < 1.29 is 5.11 Å². The highest BCUT2D eigenvalue weighted by Crippen LogP contribution is 2.31. The van der Waals surface area contributed by atoms with Crippen molar-refractivity contribution in [1.82, 2.24) is 4.57 Å². The Labute approximate surface area is 125 Å². The van der Waals surface area contributed by atoms with Gasteiger partial charge in [-0.05, 0) is 36.8 Å². The lowest BCUT2D eigenvalue weighted by molar-refractivity contribution is 0.443. The first-order valence-electron chi connectivity index (χ1n) is 6.49. The molecule has 0 radical (unpaired) electrons. The fourth-order valence-corrected chi connectivity index (χ4v) is 2.92. The number of nitrogens with zero attached hydrogens (tertiary/aromatic N) is 1. The van der Waals surface area contributed by atoms with Crippen molar-refractivity contribution >= 4 is 22.0 Å². The monoisotopic (exact) mass is 298 g/mol. The van der Waals surface area contributed by atoms with Crippen LogP contribution in [0.15, 0.2) is 59.4 Å². The van der Waals surface area contributed by atoms with Crippen molar-refractivity contribution in [2.75, 3.05) is 5.32 Å². The molecule has 0 unspecified atom stereocenters. The van der Waals surface area contributed by atoms with Crippen LogP contribution in [0.25, 0.3) is 5.69 Å². The molecule has 1 aromatic heterocycles. The Balaban J connectivity index is 2.01. The molecule has 106 valence electrons. The van der Waals surface area contributed by atoms with Crippen LogP contribution in [0, 0.1) is 6.92 Å². The fraction of sp³-hybridized carbons (Fsp3) is 0.0625. The molecule has 0 amide bonds. The molecule has 0 fully saturated rings. The molecule has 4 nitrogen and oxygen atoms in total. The summed E-state index contributed by atoms with van der Waals surface area (Å²) in [5, 5.41) is 13.8. The molecular formula is C16H14N2O2S. The highest BCUT2D eigenvalue weighted by atomic mass is 32.1. The van der Waals surface area contributed by atoms with Crippen LogP contribution in [-0.4, -0.2) is 9.67 Å². The summed E-state index contributed by atoms with van der Waals surface area (Å²) in [4.78, 5) is 11.9. The molecule has 0 aliphatic heterocycles. The minimum atomic E-state index is -0.228. The molecule has 2 N–H and O–H groups in total. The Morgan fingerprint density at radius 3 is 2.57 bits per heavy atom. The van der Waals surface area contributed by atoms with Crippen LogP contribution >= 0.6 is 11.3 Å². The Bertz CT molecular complexity index is 822. The number of rotatable bonds is 3. The van der Waals surface area contributed by atoms with Crippen molar-refractivity contribution in [2.24, 2.45) is 0 Å². The fourth-order valence-electron chi connectivity index (χ4n) is 2.11. The van der Waals surface area contributed by atoms with Crippen LogP contribution in [0.2, 0.25) is 0 Å².